The lowest BCUT2D eigenvalue weighted by Crippen LogP contribution is -2.48. The van der Waals surface area contributed by atoms with Crippen molar-refractivity contribution < 1.29 is 0 Å². The van der Waals surface area contributed by atoms with Gasteiger partial charge in [0.15, 0.2) is 5.96 Å². The SMILES string of the molecule is CCNC(=NCCc1ccncc1C)NC1CCN(Cc2ccc(Cl)cc2)CC1.I. The van der Waals surface area contributed by atoms with Crippen molar-refractivity contribution in [1.82, 2.24) is 20.5 Å². The number of benzene rings is 1. The molecule has 0 unspecified atom stereocenters. The van der Waals surface area contributed by atoms with Crippen LogP contribution < -0.4 is 10.6 Å². The number of likely N-dealkylation sites (tertiary alicyclic amines) is 1. The largest absolute Gasteiger partial charge is 0.357 e. The molecule has 1 aromatic heterocycles. The van der Waals surface area contributed by atoms with E-state index in [9.17, 15) is 0 Å². The van der Waals surface area contributed by atoms with E-state index in [-0.39, 0.29) is 24.0 Å². The molecule has 0 radical (unpaired) electrons. The van der Waals surface area contributed by atoms with Gasteiger partial charge in [-0.25, -0.2) is 0 Å². The monoisotopic (exact) mass is 541 g/mol. The van der Waals surface area contributed by atoms with Gasteiger partial charge in [-0.15, -0.1) is 24.0 Å². The summed E-state index contributed by atoms with van der Waals surface area (Å²) in [5.74, 6) is 0.926. The van der Waals surface area contributed by atoms with E-state index in [1.54, 1.807) is 0 Å². The fraction of sp³-hybridized carbons (Fsp3) is 0.478. The summed E-state index contributed by atoms with van der Waals surface area (Å²) in [5, 5.41) is 7.82. The summed E-state index contributed by atoms with van der Waals surface area (Å²) in [6, 6.07) is 10.7. The third-order valence-corrected chi connectivity index (χ3v) is 5.63. The zero-order valence-electron chi connectivity index (χ0n) is 17.9. The summed E-state index contributed by atoms with van der Waals surface area (Å²) in [7, 11) is 0. The van der Waals surface area contributed by atoms with E-state index in [1.807, 2.05) is 24.5 Å². The van der Waals surface area contributed by atoms with Gasteiger partial charge in [0.25, 0.3) is 0 Å². The lowest BCUT2D eigenvalue weighted by Gasteiger charge is -2.33. The van der Waals surface area contributed by atoms with Gasteiger partial charge >= 0.3 is 0 Å². The first-order valence-electron chi connectivity index (χ1n) is 10.5. The fourth-order valence-corrected chi connectivity index (χ4v) is 3.79. The molecule has 2 aromatic rings. The van der Waals surface area contributed by atoms with Crippen molar-refractivity contribution in [3.8, 4) is 0 Å². The summed E-state index contributed by atoms with van der Waals surface area (Å²) in [6.45, 7) is 9.03. The molecule has 0 saturated carbocycles. The minimum absolute atomic E-state index is 0. The Morgan fingerprint density at radius 2 is 1.93 bits per heavy atom. The average molecular weight is 542 g/mol. The zero-order chi connectivity index (χ0) is 20.5. The Morgan fingerprint density at radius 3 is 2.60 bits per heavy atom. The Bertz CT molecular complexity index is 788. The highest BCUT2D eigenvalue weighted by Gasteiger charge is 2.20. The Kier molecular flexibility index (Phi) is 10.9. The predicted octanol–water partition coefficient (Wildman–Crippen LogP) is 4.42. The quantitative estimate of drug-likeness (QED) is 0.310. The smallest absolute Gasteiger partial charge is 0.191 e. The maximum Gasteiger partial charge on any atom is 0.191 e. The van der Waals surface area contributed by atoms with Gasteiger partial charge in [0.1, 0.15) is 0 Å². The van der Waals surface area contributed by atoms with Gasteiger partial charge in [-0.05, 0) is 68.0 Å². The number of aryl methyl sites for hydroxylation is 1. The number of piperidine rings is 1. The molecule has 2 N–H and O–H groups in total. The topological polar surface area (TPSA) is 52.6 Å². The molecule has 1 aromatic carbocycles. The second-order valence-corrected chi connectivity index (χ2v) is 8.07. The van der Waals surface area contributed by atoms with Gasteiger partial charge in [0.05, 0.1) is 0 Å². The van der Waals surface area contributed by atoms with Gasteiger partial charge in [-0.2, -0.15) is 0 Å². The molecule has 1 aliphatic heterocycles. The maximum absolute atomic E-state index is 5.98. The number of hydrogen-bond donors (Lipinski definition) is 2. The van der Waals surface area contributed by atoms with E-state index in [2.05, 4.69) is 52.6 Å². The molecule has 1 aliphatic rings. The van der Waals surface area contributed by atoms with Crippen molar-refractivity contribution in [2.75, 3.05) is 26.2 Å². The molecule has 3 rings (SSSR count). The molecular formula is C23H33ClIN5. The maximum atomic E-state index is 5.98. The lowest BCUT2D eigenvalue weighted by atomic mass is 10.0. The number of nitrogens with one attached hydrogen (secondary N) is 2. The van der Waals surface area contributed by atoms with E-state index in [1.165, 1.54) is 16.7 Å². The molecule has 0 atom stereocenters. The van der Waals surface area contributed by atoms with Crippen LogP contribution in [0.25, 0.3) is 0 Å². The predicted molar refractivity (Wildman–Crippen MR) is 137 cm³/mol. The first kappa shape index (κ1) is 24.9. The molecule has 1 saturated heterocycles. The van der Waals surface area contributed by atoms with Gasteiger partial charge in [0, 0.05) is 56.2 Å². The Hall–Kier alpha value is -1.38. The second kappa shape index (κ2) is 13.1. The Morgan fingerprint density at radius 1 is 1.20 bits per heavy atom. The highest BCUT2D eigenvalue weighted by atomic mass is 127. The van der Waals surface area contributed by atoms with Gasteiger partial charge in [-0.1, -0.05) is 23.7 Å². The third-order valence-electron chi connectivity index (χ3n) is 5.38. The van der Waals surface area contributed by atoms with Crippen LogP contribution in [-0.2, 0) is 13.0 Å². The van der Waals surface area contributed by atoms with Crippen molar-refractivity contribution in [1.29, 1.82) is 0 Å². The molecule has 0 aliphatic carbocycles. The Balaban J connectivity index is 0.00000320. The van der Waals surface area contributed by atoms with Gasteiger partial charge in [0.2, 0.25) is 0 Å². The molecule has 0 amide bonds. The molecule has 2 heterocycles. The zero-order valence-corrected chi connectivity index (χ0v) is 21.0. The summed E-state index contributed by atoms with van der Waals surface area (Å²) in [5.41, 5.74) is 3.87. The van der Waals surface area contributed by atoms with Gasteiger partial charge < -0.3 is 10.6 Å². The molecule has 30 heavy (non-hydrogen) atoms. The van der Waals surface area contributed by atoms with Crippen LogP contribution >= 0.6 is 35.6 Å². The third kappa shape index (κ3) is 8.04. The summed E-state index contributed by atoms with van der Waals surface area (Å²) in [6.07, 6.45) is 6.96. The van der Waals surface area contributed by atoms with E-state index in [4.69, 9.17) is 16.6 Å². The first-order chi connectivity index (χ1) is 14.1. The van der Waals surface area contributed by atoms with Crippen molar-refractivity contribution in [2.45, 2.75) is 45.7 Å². The highest BCUT2D eigenvalue weighted by Crippen LogP contribution is 2.16. The summed E-state index contributed by atoms with van der Waals surface area (Å²) < 4.78 is 0. The standard InChI is InChI=1S/C23H32ClN5.HI/c1-3-26-23(27-13-9-20-8-12-25-16-18(20)2)28-22-10-14-29(15-11-22)17-19-4-6-21(24)7-5-19;/h4-8,12,16,22H,3,9-11,13-15,17H2,1-2H3,(H2,26,27,28);1H. The minimum Gasteiger partial charge on any atom is -0.357 e. The van der Waals surface area contributed by atoms with E-state index < -0.39 is 0 Å². The van der Waals surface area contributed by atoms with Crippen LogP contribution in [-0.4, -0.2) is 48.1 Å². The minimum atomic E-state index is 0. The molecular weight excluding hydrogens is 509 g/mol. The Labute approximate surface area is 202 Å². The normalized spacial score (nSPS) is 15.5. The van der Waals surface area contributed by atoms with Crippen LogP contribution in [0.4, 0.5) is 0 Å². The number of halogens is 2. The number of guanidine groups is 1. The fourth-order valence-electron chi connectivity index (χ4n) is 3.67. The second-order valence-electron chi connectivity index (χ2n) is 7.63. The van der Waals surface area contributed by atoms with Crippen LogP contribution in [0.15, 0.2) is 47.7 Å². The molecule has 0 bridgehead atoms. The van der Waals surface area contributed by atoms with Crippen molar-refractivity contribution in [3.05, 3.63) is 64.4 Å². The number of hydrogen-bond acceptors (Lipinski definition) is 3. The lowest BCUT2D eigenvalue weighted by molar-refractivity contribution is 0.198. The molecule has 7 heteroatoms. The van der Waals surface area contributed by atoms with Crippen LogP contribution in [0, 0.1) is 6.92 Å². The average Bonchev–Trinajstić information content (AvgIpc) is 2.73. The molecule has 5 nitrogen and oxygen atoms in total. The van der Waals surface area contributed by atoms with Gasteiger partial charge in [-0.3, -0.25) is 14.9 Å². The van der Waals surface area contributed by atoms with E-state index in [0.717, 1.165) is 63.0 Å². The van der Waals surface area contributed by atoms with Crippen LogP contribution in [0.2, 0.25) is 5.02 Å². The van der Waals surface area contributed by atoms with Crippen LogP contribution in [0.1, 0.15) is 36.5 Å². The highest BCUT2D eigenvalue weighted by molar-refractivity contribution is 14.0. The van der Waals surface area contributed by atoms with E-state index in [0.29, 0.717) is 6.04 Å². The van der Waals surface area contributed by atoms with Crippen molar-refractivity contribution in [3.63, 3.8) is 0 Å². The number of aromatic nitrogens is 1. The number of aliphatic imine (C=N–C) groups is 1. The number of rotatable bonds is 7. The molecule has 0 spiro atoms. The first-order valence-corrected chi connectivity index (χ1v) is 10.9. The van der Waals surface area contributed by atoms with E-state index >= 15 is 0 Å². The van der Waals surface area contributed by atoms with Crippen LogP contribution in [0.3, 0.4) is 0 Å². The number of nitrogens with zero attached hydrogens (tertiary/aromatic N) is 3. The summed E-state index contributed by atoms with van der Waals surface area (Å²) >= 11 is 5.98. The molecule has 1 fully saturated rings. The van der Waals surface area contributed by atoms with Crippen LogP contribution in [0.5, 0.6) is 0 Å². The number of pyridine rings is 1. The summed E-state index contributed by atoms with van der Waals surface area (Å²) in [4.78, 5) is 11.5. The van der Waals surface area contributed by atoms with Crippen molar-refractivity contribution in [2.24, 2.45) is 4.99 Å². The molecule has 164 valence electrons. The van der Waals surface area contributed by atoms with Crippen molar-refractivity contribution >= 4 is 41.5 Å².